The third kappa shape index (κ3) is 5.93. The van der Waals surface area contributed by atoms with Gasteiger partial charge in [-0.3, -0.25) is 4.79 Å². The van der Waals surface area contributed by atoms with E-state index in [0.717, 1.165) is 22.4 Å². The van der Waals surface area contributed by atoms with E-state index >= 15 is 0 Å². The number of benzene rings is 4. The van der Waals surface area contributed by atoms with E-state index in [2.05, 4.69) is 26.0 Å². The lowest BCUT2D eigenvalue weighted by atomic mass is 10.1. The normalized spacial score (nSPS) is 11.8. The van der Waals surface area contributed by atoms with E-state index in [0.29, 0.717) is 21.3 Å². The molecule has 0 unspecified atom stereocenters. The number of hydrogen-bond donors (Lipinski definition) is 0. The topological polar surface area (TPSA) is 56.5 Å². The Labute approximate surface area is 238 Å². The summed E-state index contributed by atoms with van der Waals surface area (Å²) in [5, 5.41) is 4.77. The third-order valence-electron chi connectivity index (χ3n) is 5.84. The maximum Gasteiger partial charge on any atom is 0.416 e. The van der Waals surface area contributed by atoms with Gasteiger partial charge in [0.1, 0.15) is 12.4 Å². The fourth-order valence-corrected chi connectivity index (χ4v) is 4.89. The molecule has 0 saturated heterocycles. The Hall–Kier alpha value is -4.02. The van der Waals surface area contributed by atoms with Crippen molar-refractivity contribution in [2.45, 2.75) is 12.8 Å². The van der Waals surface area contributed by atoms with Crippen LogP contribution in [-0.4, -0.2) is 15.9 Å². The van der Waals surface area contributed by atoms with Crippen molar-refractivity contribution in [3.63, 3.8) is 0 Å². The lowest BCUT2D eigenvalue weighted by Crippen LogP contribution is -2.20. The van der Waals surface area contributed by atoms with Gasteiger partial charge in [-0.1, -0.05) is 48.0 Å². The molecule has 5 aromatic rings. The molecule has 0 amide bonds. The predicted octanol–water partition coefficient (Wildman–Crippen LogP) is 8.10. The van der Waals surface area contributed by atoms with Gasteiger partial charge in [-0.25, -0.2) is 9.37 Å². The van der Waals surface area contributed by atoms with E-state index < -0.39 is 17.3 Å². The molecule has 0 atom stereocenters. The van der Waals surface area contributed by atoms with Crippen molar-refractivity contribution >= 4 is 44.6 Å². The first-order valence-corrected chi connectivity index (χ1v) is 12.9. The van der Waals surface area contributed by atoms with E-state index in [1.54, 1.807) is 48.5 Å². The molecular weight excluding hydrogens is 614 g/mol. The number of fused-ring (bicyclic) bond motifs is 1. The van der Waals surface area contributed by atoms with Crippen LogP contribution in [0.4, 0.5) is 17.6 Å². The number of para-hydroxylation sites is 1. The monoisotopic (exact) mass is 629 g/mol. The fraction of sp³-hybridized carbons (Fsp3) is 0.0690. The van der Waals surface area contributed by atoms with Gasteiger partial charge in [-0.2, -0.15) is 22.9 Å². The van der Waals surface area contributed by atoms with Gasteiger partial charge in [0.25, 0.3) is 5.56 Å². The molecule has 4 aromatic carbocycles. The van der Waals surface area contributed by atoms with E-state index in [9.17, 15) is 22.4 Å². The van der Waals surface area contributed by atoms with Crippen LogP contribution < -0.4 is 10.3 Å². The Morgan fingerprint density at radius 3 is 2.48 bits per heavy atom. The summed E-state index contributed by atoms with van der Waals surface area (Å²) in [6.45, 7) is 0.143. The molecule has 0 saturated carbocycles. The summed E-state index contributed by atoms with van der Waals surface area (Å²) in [6, 6.07) is 20.1. The second-order valence-electron chi connectivity index (χ2n) is 8.62. The van der Waals surface area contributed by atoms with Crippen LogP contribution in [-0.2, 0) is 12.8 Å². The Bertz CT molecular complexity index is 1780. The van der Waals surface area contributed by atoms with Crippen LogP contribution in [0.15, 0.2) is 99.3 Å². The summed E-state index contributed by atoms with van der Waals surface area (Å²) in [4.78, 5) is 17.8. The Morgan fingerprint density at radius 2 is 1.75 bits per heavy atom. The first-order chi connectivity index (χ1) is 19.1. The first kappa shape index (κ1) is 27.5. The van der Waals surface area contributed by atoms with Gasteiger partial charge in [0.15, 0.2) is 11.6 Å². The molecule has 5 rings (SSSR count). The second-order valence-corrected chi connectivity index (χ2v) is 9.88. The van der Waals surface area contributed by atoms with Crippen molar-refractivity contribution in [3.8, 4) is 17.1 Å². The van der Waals surface area contributed by atoms with Gasteiger partial charge < -0.3 is 4.74 Å². The smallest absolute Gasteiger partial charge is 0.416 e. The molecule has 0 radical (unpaired) electrons. The average Bonchev–Trinajstić information content (AvgIpc) is 2.92. The highest BCUT2D eigenvalue weighted by Crippen LogP contribution is 2.35. The van der Waals surface area contributed by atoms with Crippen molar-refractivity contribution in [1.82, 2.24) is 9.66 Å². The van der Waals surface area contributed by atoms with Gasteiger partial charge in [-0.15, -0.1) is 0 Å². The van der Waals surface area contributed by atoms with Crippen LogP contribution >= 0.6 is 27.5 Å². The summed E-state index contributed by atoms with van der Waals surface area (Å²) in [6.07, 6.45) is -3.24. The van der Waals surface area contributed by atoms with Gasteiger partial charge in [0, 0.05) is 5.56 Å². The minimum Gasteiger partial charge on any atom is -0.486 e. The number of ether oxygens (including phenoxy) is 1. The molecule has 40 heavy (non-hydrogen) atoms. The molecule has 1 aromatic heterocycles. The summed E-state index contributed by atoms with van der Waals surface area (Å²) in [5.74, 6) is -0.0728. The molecule has 0 N–H and O–H groups in total. The number of rotatable bonds is 6. The third-order valence-corrected chi connectivity index (χ3v) is 6.71. The Balaban J connectivity index is 1.52. The summed E-state index contributed by atoms with van der Waals surface area (Å²) >= 11 is 9.86. The van der Waals surface area contributed by atoms with Crippen molar-refractivity contribution in [3.05, 3.63) is 127 Å². The van der Waals surface area contributed by atoms with Crippen molar-refractivity contribution in [2.24, 2.45) is 5.10 Å². The zero-order valence-electron chi connectivity index (χ0n) is 20.3. The number of halogens is 6. The van der Waals surface area contributed by atoms with Gasteiger partial charge >= 0.3 is 6.18 Å². The summed E-state index contributed by atoms with van der Waals surface area (Å²) in [5.41, 5.74) is 0.160. The predicted molar refractivity (Wildman–Crippen MR) is 149 cm³/mol. The van der Waals surface area contributed by atoms with Crippen LogP contribution in [0, 0.1) is 5.82 Å². The molecule has 0 aliphatic carbocycles. The zero-order chi connectivity index (χ0) is 28.4. The number of nitrogens with zero attached hydrogens (tertiary/aromatic N) is 3. The van der Waals surface area contributed by atoms with Crippen molar-refractivity contribution in [2.75, 3.05) is 0 Å². The highest BCUT2D eigenvalue weighted by molar-refractivity contribution is 9.10. The molecule has 0 aliphatic heterocycles. The van der Waals surface area contributed by atoms with E-state index in [1.165, 1.54) is 30.5 Å². The Morgan fingerprint density at radius 1 is 1.00 bits per heavy atom. The largest absolute Gasteiger partial charge is 0.486 e. The van der Waals surface area contributed by atoms with Gasteiger partial charge in [-0.05, 0) is 75.6 Å². The lowest BCUT2D eigenvalue weighted by Gasteiger charge is -2.12. The molecule has 202 valence electrons. The molecule has 11 heteroatoms. The number of aromatic nitrogens is 2. The van der Waals surface area contributed by atoms with Crippen LogP contribution in [0.2, 0.25) is 5.02 Å². The van der Waals surface area contributed by atoms with E-state index in [1.807, 2.05) is 0 Å². The van der Waals surface area contributed by atoms with E-state index in [4.69, 9.17) is 16.3 Å². The molecule has 0 fully saturated rings. The van der Waals surface area contributed by atoms with Crippen molar-refractivity contribution < 1.29 is 22.3 Å². The molecule has 5 nitrogen and oxygen atoms in total. The van der Waals surface area contributed by atoms with Gasteiger partial charge in [0.2, 0.25) is 0 Å². The zero-order valence-corrected chi connectivity index (χ0v) is 22.6. The average molecular weight is 631 g/mol. The molecule has 0 bridgehead atoms. The standard InChI is InChI=1S/C29H17BrClF4N3O2/c30-23-12-18(13-24(31)26(23)40-16-17-8-10-21(32)11-9-17)15-36-38-27(19-4-3-5-20(14-19)29(33,34)35)37-25-7-2-1-6-22(25)28(38)39/h1-15H,16H2. The minimum absolute atomic E-state index is 0.0598. The van der Waals surface area contributed by atoms with Crippen LogP contribution in [0.5, 0.6) is 5.75 Å². The van der Waals surface area contributed by atoms with Crippen LogP contribution in [0.3, 0.4) is 0 Å². The molecular formula is C29H17BrClF4N3O2. The molecule has 0 spiro atoms. The van der Waals surface area contributed by atoms with Gasteiger partial charge in [0.05, 0.1) is 32.2 Å². The first-order valence-electron chi connectivity index (χ1n) is 11.7. The quantitative estimate of drug-likeness (QED) is 0.141. The maximum atomic E-state index is 13.4. The number of hydrogen-bond acceptors (Lipinski definition) is 4. The molecule has 1 heterocycles. The maximum absolute atomic E-state index is 13.4. The van der Waals surface area contributed by atoms with E-state index in [-0.39, 0.29) is 34.2 Å². The van der Waals surface area contributed by atoms with Crippen LogP contribution in [0.25, 0.3) is 22.3 Å². The fourth-order valence-electron chi connectivity index (χ4n) is 3.90. The summed E-state index contributed by atoms with van der Waals surface area (Å²) in [7, 11) is 0. The SMILES string of the molecule is O=c1c2ccccc2nc(-c2cccc(C(F)(F)F)c2)n1N=Cc1cc(Cl)c(OCc2ccc(F)cc2)c(Br)c1. The molecule has 0 aliphatic rings. The highest BCUT2D eigenvalue weighted by Gasteiger charge is 2.31. The highest BCUT2D eigenvalue weighted by atomic mass is 79.9. The number of alkyl halides is 3. The lowest BCUT2D eigenvalue weighted by molar-refractivity contribution is -0.137. The second kappa shape index (κ2) is 11.2. The Kier molecular flexibility index (Phi) is 7.73. The summed E-state index contributed by atoms with van der Waals surface area (Å²) < 4.78 is 60.6. The van der Waals surface area contributed by atoms with Crippen LogP contribution in [0.1, 0.15) is 16.7 Å². The van der Waals surface area contributed by atoms with Crippen molar-refractivity contribution in [1.29, 1.82) is 0 Å². The minimum atomic E-state index is -4.58.